The number of halogens is 1. The van der Waals surface area contributed by atoms with Gasteiger partial charge in [-0.05, 0) is 25.0 Å². The Hall–Kier alpha value is -0.0900. The van der Waals surface area contributed by atoms with E-state index in [1.807, 2.05) is 12.1 Å². The van der Waals surface area contributed by atoms with Crippen molar-refractivity contribution in [3.63, 3.8) is 0 Å². The van der Waals surface area contributed by atoms with Crippen LogP contribution in [0.25, 0.3) is 0 Å². The lowest BCUT2D eigenvalue weighted by Gasteiger charge is -2.32. The lowest BCUT2D eigenvalue weighted by atomic mass is 9.93. The van der Waals surface area contributed by atoms with E-state index in [4.69, 9.17) is 16.3 Å². The zero-order chi connectivity index (χ0) is 10.9. The maximum atomic E-state index is 10.3. The maximum absolute atomic E-state index is 10.3. The summed E-state index contributed by atoms with van der Waals surface area (Å²) in [5.41, 5.74) is -0.381. The monoisotopic (exact) mass is 246 g/mol. The molecule has 0 radical (unpaired) electrons. The third-order valence-corrected chi connectivity index (χ3v) is 4.50. The molecule has 1 atom stereocenters. The number of thiophene rings is 1. The van der Waals surface area contributed by atoms with Crippen LogP contribution in [0.3, 0.4) is 0 Å². The minimum atomic E-state index is -0.539. The molecule has 1 aliphatic rings. The van der Waals surface area contributed by atoms with Crippen LogP contribution in [0.1, 0.15) is 36.7 Å². The van der Waals surface area contributed by atoms with Gasteiger partial charge in [0.25, 0.3) is 0 Å². The Morgan fingerprint density at radius 1 is 1.47 bits per heavy atom. The van der Waals surface area contributed by atoms with E-state index in [9.17, 15) is 5.11 Å². The van der Waals surface area contributed by atoms with E-state index in [2.05, 4.69) is 0 Å². The second kappa shape index (κ2) is 4.42. The molecule has 0 aliphatic heterocycles. The standard InChI is InChI=1S/C11H15ClO2S/c1-14-11(6-2-3-7-11)10(13)8-4-5-9(12)15-8/h4-5,10,13H,2-3,6-7H2,1H3. The highest BCUT2D eigenvalue weighted by Crippen LogP contribution is 2.44. The maximum Gasteiger partial charge on any atom is 0.117 e. The Balaban J connectivity index is 2.21. The first kappa shape index (κ1) is 11.4. The number of methoxy groups -OCH3 is 1. The summed E-state index contributed by atoms with van der Waals surface area (Å²) >= 11 is 7.30. The largest absolute Gasteiger partial charge is 0.385 e. The van der Waals surface area contributed by atoms with Gasteiger partial charge in [0.2, 0.25) is 0 Å². The van der Waals surface area contributed by atoms with Crippen molar-refractivity contribution < 1.29 is 9.84 Å². The first-order valence-corrected chi connectivity index (χ1v) is 6.36. The highest BCUT2D eigenvalue weighted by molar-refractivity contribution is 7.16. The Labute approximate surface area is 98.8 Å². The van der Waals surface area contributed by atoms with Crippen molar-refractivity contribution in [2.24, 2.45) is 0 Å². The van der Waals surface area contributed by atoms with E-state index in [0.717, 1.165) is 30.6 Å². The fourth-order valence-electron chi connectivity index (χ4n) is 2.30. The molecule has 1 fully saturated rings. The van der Waals surface area contributed by atoms with Crippen LogP contribution in [0.15, 0.2) is 12.1 Å². The molecule has 1 heterocycles. The van der Waals surface area contributed by atoms with Crippen LogP contribution in [0.2, 0.25) is 4.34 Å². The van der Waals surface area contributed by atoms with E-state index >= 15 is 0 Å². The number of hydrogen-bond donors (Lipinski definition) is 1. The van der Waals surface area contributed by atoms with Gasteiger partial charge < -0.3 is 9.84 Å². The summed E-state index contributed by atoms with van der Waals surface area (Å²) in [6, 6.07) is 3.71. The summed E-state index contributed by atoms with van der Waals surface area (Å²) in [6.07, 6.45) is 3.58. The summed E-state index contributed by atoms with van der Waals surface area (Å²) in [5, 5.41) is 10.3. The lowest BCUT2D eigenvalue weighted by Crippen LogP contribution is -2.35. The molecule has 1 aromatic heterocycles. The van der Waals surface area contributed by atoms with Gasteiger partial charge in [-0.2, -0.15) is 0 Å². The van der Waals surface area contributed by atoms with Crippen LogP contribution in [0, 0.1) is 0 Å². The highest BCUT2D eigenvalue weighted by Gasteiger charge is 2.42. The Morgan fingerprint density at radius 2 is 2.13 bits per heavy atom. The minimum absolute atomic E-state index is 0.381. The van der Waals surface area contributed by atoms with Crippen molar-refractivity contribution in [1.82, 2.24) is 0 Å². The van der Waals surface area contributed by atoms with Crippen molar-refractivity contribution in [1.29, 1.82) is 0 Å². The molecule has 2 nitrogen and oxygen atoms in total. The predicted molar refractivity (Wildman–Crippen MR) is 62.5 cm³/mol. The van der Waals surface area contributed by atoms with Gasteiger partial charge in [-0.25, -0.2) is 0 Å². The first-order chi connectivity index (χ1) is 7.18. The van der Waals surface area contributed by atoms with E-state index < -0.39 is 6.10 Å². The molecule has 1 saturated carbocycles. The van der Waals surface area contributed by atoms with Gasteiger partial charge in [-0.3, -0.25) is 0 Å². The summed E-state index contributed by atoms with van der Waals surface area (Å²) in [5.74, 6) is 0. The zero-order valence-electron chi connectivity index (χ0n) is 8.70. The summed E-state index contributed by atoms with van der Waals surface area (Å²) < 4.78 is 6.25. The van der Waals surface area contributed by atoms with Crippen LogP contribution in [0.4, 0.5) is 0 Å². The molecule has 4 heteroatoms. The van der Waals surface area contributed by atoms with Crippen LogP contribution in [0.5, 0.6) is 0 Å². The van der Waals surface area contributed by atoms with Gasteiger partial charge in [0.1, 0.15) is 6.10 Å². The first-order valence-electron chi connectivity index (χ1n) is 5.16. The smallest absolute Gasteiger partial charge is 0.117 e. The molecule has 0 saturated heterocycles. The van der Waals surface area contributed by atoms with E-state index in [0.29, 0.717) is 4.34 Å². The molecule has 0 amide bonds. The lowest BCUT2D eigenvalue weighted by molar-refractivity contribution is -0.0987. The van der Waals surface area contributed by atoms with E-state index in [-0.39, 0.29) is 5.60 Å². The summed E-state index contributed by atoms with van der Waals surface area (Å²) in [4.78, 5) is 0.906. The fraction of sp³-hybridized carbons (Fsp3) is 0.636. The van der Waals surface area contributed by atoms with Crippen LogP contribution in [-0.4, -0.2) is 17.8 Å². The number of hydrogen-bond acceptors (Lipinski definition) is 3. The van der Waals surface area contributed by atoms with Gasteiger partial charge >= 0.3 is 0 Å². The fourth-order valence-corrected chi connectivity index (χ4v) is 3.45. The molecule has 1 N–H and O–H groups in total. The quantitative estimate of drug-likeness (QED) is 0.886. The van der Waals surface area contributed by atoms with E-state index in [1.54, 1.807) is 7.11 Å². The topological polar surface area (TPSA) is 29.5 Å². The van der Waals surface area contributed by atoms with Gasteiger partial charge in [-0.15, -0.1) is 11.3 Å². The second-order valence-corrected chi connectivity index (χ2v) is 5.77. The molecule has 2 rings (SSSR count). The van der Waals surface area contributed by atoms with Crippen molar-refractivity contribution in [2.45, 2.75) is 37.4 Å². The average molecular weight is 247 g/mol. The molecular weight excluding hydrogens is 232 g/mol. The summed E-state index contributed by atoms with van der Waals surface area (Å²) in [7, 11) is 1.68. The Bertz CT molecular complexity index is 331. The van der Waals surface area contributed by atoms with Gasteiger partial charge in [0, 0.05) is 12.0 Å². The molecule has 84 valence electrons. The van der Waals surface area contributed by atoms with Crippen molar-refractivity contribution >= 4 is 22.9 Å². The van der Waals surface area contributed by atoms with E-state index in [1.165, 1.54) is 11.3 Å². The number of aliphatic hydroxyl groups excluding tert-OH is 1. The van der Waals surface area contributed by atoms with Crippen LogP contribution >= 0.6 is 22.9 Å². The van der Waals surface area contributed by atoms with Crippen molar-refractivity contribution in [3.05, 3.63) is 21.3 Å². The molecular formula is C11H15ClO2S. The summed E-state index contributed by atoms with van der Waals surface area (Å²) in [6.45, 7) is 0. The van der Waals surface area contributed by atoms with Crippen molar-refractivity contribution in [3.8, 4) is 0 Å². The zero-order valence-corrected chi connectivity index (χ0v) is 10.3. The predicted octanol–water partition coefficient (Wildman–Crippen LogP) is 3.39. The molecule has 15 heavy (non-hydrogen) atoms. The molecule has 0 aromatic carbocycles. The van der Waals surface area contributed by atoms with Crippen molar-refractivity contribution in [2.75, 3.05) is 7.11 Å². The normalized spacial score (nSPS) is 21.8. The van der Waals surface area contributed by atoms with Crippen LogP contribution < -0.4 is 0 Å². The Kier molecular flexibility index (Phi) is 3.36. The van der Waals surface area contributed by atoms with Gasteiger partial charge in [0.05, 0.1) is 9.94 Å². The molecule has 1 aliphatic carbocycles. The molecule has 0 bridgehead atoms. The van der Waals surface area contributed by atoms with Crippen LogP contribution in [-0.2, 0) is 4.74 Å². The third-order valence-electron chi connectivity index (χ3n) is 3.22. The average Bonchev–Trinajstić information content (AvgIpc) is 2.86. The Morgan fingerprint density at radius 3 is 2.60 bits per heavy atom. The number of ether oxygens (including phenoxy) is 1. The molecule has 1 aromatic rings. The number of aliphatic hydroxyl groups is 1. The van der Waals surface area contributed by atoms with Gasteiger partial charge in [-0.1, -0.05) is 24.4 Å². The number of rotatable bonds is 3. The minimum Gasteiger partial charge on any atom is -0.385 e. The second-order valence-electron chi connectivity index (χ2n) is 4.02. The molecule has 1 unspecified atom stereocenters. The SMILES string of the molecule is COC1(C(O)c2ccc(Cl)s2)CCCC1. The highest BCUT2D eigenvalue weighted by atomic mass is 35.5. The molecule has 0 spiro atoms. The third kappa shape index (κ3) is 2.07. The van der Waals surface area contributed by atoms with Gasteiger partial charge in [0.15, 0.2) is 0 Å².